The Bertz CT molecular complexity index is 1470. The summed E-state index contributed by atoms with van der Waals surface area (Å²) in [6, 6.07) is 18.7. The smallest absolute Gasteiger partial charge is 0.249 e. The largest absolute Gasteiger partial charge is 0.497 e. The van der Waals surface area contributed by atoms with Crippen molar-refractivity contribution >= 4 is 28.5 Å². The van der Waals surface area contributed by atoms with Crippen molar-refractivity contribution in [2.45, 2.75) is 32.9 Å². The molecular formula is C30H35N5O5. The molecular weight excluding hydrogens is 510 g/mol. The van der Waals surface area contributed by atoms with Crippen LogP contribution in [-0.2, 0) is 16.1 Å². The lowest BCUT2D eigenvalue weighted by Gasteiger charge is -2.32. The number of aromatic nitrogens is 3. The summed E-state index contributed by atoms with van der Waals surface area (Å²) in [5, 5.41) is 11.4. The van der Waals surface area contributed by atoms with Crippen LogP contribution in [0.25, 0.3) is 11.0 Å². The molecule has 1 aromatic heterocycles. The van der Waals surface area contributed by atoms with Crippen molar-refractivity contribution in [3.8, 4) is 17.2 Å². The molecule has 1 N–H and O–H groups in total. The minimum absolute atomic E-state index is 0.144. The highest BCUT2D eigenvalue weighted by Crippen LogP contribution is 2.36. The Morgan fingerprint density at radius 2 is 1.70 bits per heavy atom. The molecule has 10 heteroatoms. The van der Waals surface area contributed by atoms with Crippen LogP contribution in [0.3, 0.4) is 0 Å². The third kappa shape index (κ3) is 6.33. The van der Waals surface area contributed by atoms with E-state index in [1.165, 1.54) is 23.8 Å². The molecule has 1 atom stereocenters. The normalized spacial score (nSPS) is 11.8. The number of hydrogen-bond donors (Lipinski definition) is 1. The van der Waals surface area contributed by atoms with Gasteiger partial charge in [0.05, 0.1) is 26.8 Å². The first-order valence-corrected chi connectivity index (χ1v) is 13.1. The lowest BCUT2D eigenvalue weighted by Crippen LogP contribution is -2.45. The van der Waals surface area contributed by atoms with E-state index in [-0.39, 0.29) is 18.4 Å². The van der Waals surface area contributed by atoms with E-state index in [9.17, 15) is 9.59 Å². The Morgan fingerprint density at radius 1 is 0.925 bits per heavy atom. The summed E-state index contributed by atoms with van der Waals surface area (Å²) < 4.78 is 17.9. The van der Waals surface area contributed by atoms with E-state index in [0.717, 1.165) is 6.42 Å². The van der Waals surface area contributed by atoms with Crippen LogP contribution in [0.15, 0.2) is 66.7 Å². The first-order chi connectivity index (χ1) is 19.4. The van der Waals surface area contributed by atoms with Crippen molar-refractivity contribution < 1.29 is 23.8 Å². The number of methoxy groups -OCH3 is 3. The molecule has 210 valence electrons. The van der Waals surface area contributed by atoms with Crippen LogP contribution >= 0.6 is 0 Å². The monoisotopic (exact) mass is 545 g/mol. The molecule has 4 aromatic rings. The van der Waals surface area contributed by atoms with E-state index >= 15 is 0 Å². The van der Waals surface area contributed by atoms with Crippen molar-refractivity contribution in [1.82, 2.24) is 20.3 Å². The summed E-state index contributed by atoms with van der Waals surface area (Å²) in [5.74, 6) is 1.21. The molecule has 0 saturated heterocycles. The second-order valence-electron chi connectivity index (χ2n) is 9.69. The minimum atomic E-state index is -1.01. The predicted molar refractivity (Wildman–Crippen MR) is 153 cm³/mol. The zero-order valence-corrected chi connectivity index (χ0v) is 23.5. The number of ether oxygens (including phenoxy) is 3. The quantitative estimate of drug-likeness (QED) is 0.281. The molecule has 4 rings (SSSR count). The van der Waals surface area contributed by atoms with Gasteiger partial charge >= 0.3 is 0 Å². The Labute approximate surface area is 233 Å². The molecule has 0 spiro atoms. The van der Waals surface area contributed by atoms with Crippen LogP contribution in [0.1, 0.15) is 31.9 Å². The summed E-state index contributed by atoms with van der Waals surface area (Å²) >= 11 is 0. The van der Waals surface area contributed by atoms with E-state index < -0.39 is 6.04 Å². The first kappa shape index (κ1) is 28.4. The Balaban J connectivity index is 1.83. The summed E-state index contributed by atoms with van der Waals surface area (Å²) in [6.45, 7) is 4.51. The van der Waals surface area contributed by atoms with Crippen LogP contribution in [0.5, 0.6) is 17.2 Å². The van der Waals surface area contributed by atoms with E-state index in [2.05, 4.69) is 29.5 Å². The summed E-state index contributed by atoms with van der Waals surface area (Å²) in [7, 11) is 4.62. The molecule has 0 aliphatic carbocycles. The molecule has 0 aliphatic heterocycles. The molecule has 0 bridgehead atoms. The molecule has 40 heavy (non-hydrogen) atoms. The van der Waals surface area contributed by atoms with Gasteiger partial charge in [-0.2, -0.15) is 0 Å². The Morgan fingerprint density at radius 3 is 2.42 bits per heavy atom. The zero-order valence-electron chi connectivity index (χ0n) is 23.5. The molecule has 0 unspecified atom stereocenters. The Hall–Kier alpha value is -4.60. The van der Waals surface area contributed by atoms with Crippen molar-refractivity contribution in [3.05, 3.63) is 72.3 Å². The average molecular weight is 546 g/mol. The number of carbonyl (C=O) groups is 2. The fourth-order valence-electron chi connectivity index (χ4n) is 4.46. The molecule has 0 radical (unpaired) electrons. The van der Waals surface area contributed by atoms with Gasteiger partial charge in [-0.1, -0.05) is 43.3 Å². The van der Waals surface area contributed by atoms with Gasteiger partial charge in [-0.05, 0) is 54.3 Å². The van der Waals surface area contributed by atoms with Crippen LogP contribution in [0.2, 0.25) is 0 Å². The second kappa shape index (κ2) is 13.0. The van der Waals surface area contributed by atoms with Gasteiger partial charge in [0, 0.05) is 18.3 Å². The van der Waals surface area contributed by atoms with Gasteiger partial charge in [-0.3, -0.25) is 14.5 Å². The maximum atomic E-state index is 14.2. The number of fused-ring (bicyclic) bond motifs is 1. The topological polar surface area (TPSA) is 108 Å². The SMILES string of the molecule is COc1cccc([C@@H](C(=O)NCCC(C)C)N(C(=O)Cn2nnc3ccccc32)c2ccc(OC)c(OC)c2)c1. The number of nitrogens with one attached hydrogen (secondary N) is 1. The molecule has 0 saturated carbocycles. The molecule has 0 fully saturated rings. The van der Waals surface area contributed by atoms with Crippen molar-refractivity contribution in [1.29, 1.82) is 0 Å². The van der Waals surface area contributed by atoms with Gasteiger partial charge in [0.25, 0.3) is 0 Å². The third-order valence-electron chi connectivity index (χ3n) is 6.56. The van der Waals surface area contributed by atoms with E-state index in [1.807, 2.05) is 24.3 Å². The summed E-state index contributed by atoms with van der Waals surface area (Å²) in [4.78, 5) is 29.6. The molecule has 0 aliphatic rings. The summed E-state index contributed by atoms with van der Waals surface area (Å²) in [5.41, 5.74) is 2.43. The molecule has 1 heterocycles. The van der Waals surface area contributed by atoms with Gasteiger partial charge < -0.3 is 19.5 Å². The van der Waals surface area contributed by atoms with Crippen LogP contribution < -0.4 is 24.4 Å². The van der Waals surface area contributed by atoms with E-state index in [1.54, 1.807) is 49.6 Å². The number of para-hydroxylation sites is 1. The number of nitrogens with zero attached hydrogens (tertiary/aromatic N) is 4. The van der Waals surface area contributed by atoms with E-state index in [0.29, 0.717) is 52.0 Å². The highest BCUT2D eigenvalue weighted by atomic mass is 16.5. The van der Waals surface area contributed by atoms with Gasteiger partial charge in [0.2, 0.25) is 11.8 Å². The number of amides is 2. The Kier molecular flexibility index (Phi) is 9.21. The molecule has 10 nitrogen and oxygen atoms in total. The van der Waals surface area contributed by atoms with Gasteiger partial charge in [0.15, 0.2) is 11.5 Å². The third-order valence-corrected chi connectivity index (χ3v) is 6.56. The maximum absolute atomic E-state index is 14.2. The molecule has 3 aromatic carbocycles. The highest BCUT2D eigenvalue weighted by molar-refractivity contribution is 6.01. The number of hydrogen-bond acceptors (Lipinski definition) is 7. The number of rotatable bonds is 12. The molecule has 2 amide bonds. The lowest BCUT2D eigenvalue weighted by atomic mass is 10.0. The highest BCUT2D eigenvalue weighted by Gasteiger charge is 2.34. The fraction of sp³-hybridized carbons (Fsp3) is 0.333. The van der Waals surface area contributed by atoms with Gasteiger partial charge in [0.1, 0.15) is 23.9 Å². The minimum Gasteiger partial charge on any atom is -0.497 e. The maximum Gasteiger partial charge on any atom is 0.249 e. The van der Waals surface area contributed by atoms with Gasteiger partial charge in [-0.15, -0.1) is 5.10 Å². The van der Waals surface area contributed by atoms with Crippen molar-refractivity contribution in [3.63, 3.8) is 0 Å². The lowest BCUT2D eigenvalue weighted by molar-refractivity contribution is -0.127. The van der Waals surface area contributed by atoms with Crippen LogP contribution in [-0.4, -0.2) is 54.7 Å². The predicted octanol–water partition coefficient (Wildman–Crippen LogP) is 4.39. The van der Waals surface area contributed by atoms with Crippen LogP contribution in [0.4, 0.5) is 5.69 Å². The van der Waals surface area contributed by atoms with Gasteiger partial charge in [-0.25, -0.2) is 4.68 Å². The number of carbonyl (C=O) groups excluding carboxylic acids is 2. The number of benzene rings is 3. The van der Waals surface area contributed by atoms with E-state index in [4.69, 9.17) is 14.2 Å². The summed E-state index contributed by atoms with van der Waals surface area (Å²) in [6.07, 6.45) is 0.797. The average Bonchev–Trinajstić information content (AvgIpc) is 3.37. The number of anilines is 1. The first-order valence-electron chi connectivity index (χ1n) is 13.1. The second-order valence-corrected chi connectivity index (χ2v) is 9.69. The van der Waals surface area contributed by atoms with Crippen LogP contribution in [0, 0.1) is 5.92 Å². The van der Waals surface area contributed by atoms with Crippen molar-refractivity contribution in [2.75, 3.05) is 32.8 Å². The van der Waals surface area contributed by atoms with Crippen molar-refractivity contribution in [2.24, 2.45) is 5.92 Å². The fourth-order valence-corrected chi connectivity index (χ4v) is 4.46. The zero-order chi connectivity index (χ0) is 28.6. The standard InChI is InChI=1S/C30H35N5O5/c1-20(2)15-16-31-30(37)29(21-9-8-10-23(17-21)38-3)35(22-13-14-26(39-4)27(18-22)40-5)28(36)19-34-25-12-7-6-11-24(25)32-33-34/h6-14,17-18,20,29H,15-16,19H2,1-5H3,(H,31,37)/t29-/m0/s1.